The summed E-state index contributed by atoms with van der Waals surface area (Å²) < 4.78 is 0. The Morgan fingerprint density at radius 3 is 3.17 bits per heavy atom. The Kier molecular flexibility index (Phi) is 4.11. The number of thiophene rings is 1. The Morgan fingerprint density at radius 1 is 1.75 bits per heavy atom. The lowest BCUT2D eigenvalue weighted by Gasteiger charge is -1.87. The molecule has 0 amide bonds. The van der Waals surface area contributed by atoms with E-state index in [4.69, 9.17) is 0 Å². The van der Waals surface area contributed by atoms with E-state index in [2.05, 4.69) is 11.4 Å². The molecule has 0 N–H and O–H groups in total. The van der Waals surface area contributed by atoms with Crippen LogP contribution in [0.3, 0.4) is 0 Å². The van der Waals surface area contributed by atoms with Crippen molar-refractivity contribution in [3.63, 3.8) is 0 Å². The molecule has 0 aliphatic carbocycles. The Balaban J connectivity index is 2.27. The third-order valence-corrected chi connectivity index (χ3v) is 2.70. The van der Waals surface area contributed by atoms with Crippen molar-refractivity contribution in [3.8, 4) is 0 Å². The predicted octanol–water partition coefficient (Wildman–Crippen LogP) is 3.04. The number of rotatable bonds is 3. The van der Waals surface area contributed by atoms with Crippen LogP contribution in [0.25, 0.3) is 6.08 Å². The summed E-state index contributed by atoms with van der Waals surface area (Å²) in [5, 5.41) is 4.29. The number of hydrogen-bond acceptors (Lipinski definition) is 3. The molecule has 1 nitrogen and oxygen atoms in total. The first kappa shape index (κ1) is 9.55. The van der Waals surface area contributed by atoms with Crippen molar-refractivity contribution < 1.29 is 4.79 Å². The van der Waals surface area contributed by atoms with Gasteiger partial charge in [0.25, 0.3) is 0 Å². The van der Waals surface area contributed by atoms with Gasteiger partial charge in [0, 0.05) is 12.7 Å². The molecule has 1 rings (SSSR count). The highest BCUT2D eigenvalue weighted by molar-refractivity contribution is 8.13. The van der Waals surface area contributed by atoms with Gasteiger partial charge in [0.15, 0.2) is 5.12 Å². The fraction of sp³-hybridized carbons (Fsp3) is 0.222. The van der Waals surface area contributed by atoms with E-state index in [0.717, 1.165) is 5.75 Å². The zero-order valence-electron chi connectivity index (χ0n) is 6.82. The highest BCUT2D eigenvalue weighted by Crippen LogP contribution is 2.09. The van der Waals surface area contributed by atoms with Crippen LogP contribution in [0, 0.1) is 0 Å². The van der Waals surface area contributed by atoms with Gasteiger partial charge in [-0.25, -0.2) is 0 Å². The van der Waals surface area contributed by atoms with E-state index in [0.29, 0.717) is 0 Å². The molecule has 0 atom stereocenters. The molecule has 0 aromatic carbocycles. The van der Waals surface area contributed by atoms with Gasteiger partial charge in [-0.2, -0.15) is 11.3 Å². The summed E-state index contributed by atoms with van der Waals surface area (Å²) in [6.45, 7) is 1.59. The van der Waals surface area contributed by atoms with Gasteiger partial charge in [0.1, 0.15) is 0 Å². The molecular formula is C9H10OS2. The number of hydrogen-bond donors (Lipinski definition) is 0. The molecule has 1 aromatic rings. The van der Waals surface area contributed by atoms with Crippen molar-refractivity contribution in [3.05, 3.63) is 28.5 Å². The highest BCUT2D eigenvalue weighted by Gasteiger charge is 1.89. The minimum atomic E-state index is 0.171. The van der Waals surface area contributed by atoms with Crippen LogP contribution in [0.5, 0.6) is 0 Å². The molecule has 0 fully saturated rings. The molecule has 1 aromatic heterocycles. The van der Waals surface area contributed by atoms with E-state index < -0.39 is 0 Å². The maximum atomic E-state index is 10.5. The topological polar surface area (TPSA) is 17.1 Å². The zero-order chi connectivity index (χ0) is 8.81. The van der Waals surface area contributed by atoms with E-state index in [-0.39, 0.29) is 5.12 Å². The third kappa shape index (κ3) is 3.74. The van der Waals surface area contributed by atoms with E-state index in [1.807, 2.05) is 17.5 Å². The molecule has 0 radical (unpaired) electrons. The molecular weight excluding hydrogens is 188 g/mol. The van der Waals surface area contributed by atoms with Crippen molar-refractivity contribution in [2.45, 2.75) is 6.92 Å². The molecule has 0 unspecified atom stereocenters. The lowest BCUT2D eigenvalue weighted by molar-refractivity contribution is -0.109. The minimum Gasteiger partial charge on any atom is -0.288 e. The first-order chi connectivity index (χ1) is 5.79. The summed E-state index contributed by atoms with van der Waals surface area (Å²) in [5.41, 5.74) is 1.21. The predicted molar refractivity (Wildman–Crippen MR) is 56.5 cm³/mol. The van der Waals surface area contributed by atoms with Gasteiger partial charge in [0.05, 0.1) is 0 Å². The molecule has 0 saturated heterocycles. The van der Waals surface area contributed by atoms with Crippen LogP contribution >= 0.6 is 23.1 Å². The average molecular weight is 198 g/mol. The SMILES string of the molecule is CC(=O)SCC=Cc1ccsc1. The van der Waals surface area contributed by atoms with Gasteiger partial charge >= 0.3 is 0 Å². The van der Waals surface area contributed by atoms with Crippen molar-refractivity contribution in [2.24, 2.45) is 0 Å². The van der Waals surface area contributed by atoms with Crippen molar-refractivity contribution in [1.29, 1.82) is 0 Å². The van der Waals surface area contributed by atoms with Crippen LogP contribution in [0.15, 0.2) is 22.9 Å². The van der Waals surface area contributed by atoms with Gasteiger partial charge in [0.2, 0.25) is 0 Å². The largest absolute Gasteiger partial charge is 0.288 e. The summed E-state index contributed by atoms with van der Waals surface area (Å²) in [7, 11) is 0. The molecule has 0 aliphatic rings. The van der Waals surface area contributed by atoms with Crippen LogP contribution < -0.4 is 0 Å². The fourth-order valence-corrected chi connectivity index (χ4v) is 1.78. The first-order valence-corrected chi connectivity index (χ1v) is 5.54. The van der Waals surface area contributed by atoms with Crippen molar-refractivity contribution in [2.75, 3.05) is 5.75 Å². The van der Waals surface area contributed by atoms with Crippen LogP contribution in [0.4, 0.5) is 0 Å². The molecule has 0 bridgehead atoms. The second-order valence-electron chi connectivity index (χ2n) is 2.26. The summed E-state index contributed by atoms with van der Waals surface area (Å²) in [6, 6.07) is 2.06. The highest BCUT2D eigenvalue weighted by atomic mass is 32.2. The van der Waals surface area contributed by atoms with E-state index in [1.54, 1.807) is 18.3 Å². The van der Waals surface area contributed by atoms with E-state index in [1.165, 1.54) is 17.3 Å². The van der Waals surface area contributed by atoms with Gasteiger partial charge in [-0.1, -0.05) is 23.9 Å². The van der Waals surface area contributed by atoms with Gasteiger partial charge in [-0.3, -0.25) is 4.79 Å². The Labute approximate surface area is 80.5 Å². The van der Waals surface area contributed by atoms with Crippen LogP contribution in [0.1, 0.15) is 12.5 Å². The lowest BCUT2D eigenvalue weighted by atomic mass is 10.3. The maximum Gasteiger partial charge on any atom is 0.186 e. The van der Waals surface area contributed by atoms with Gasteiger partial charge < -0.3 is 0 Å². The van der Waals surface area contributed by atoms with Gasteiger partial charge in [-0.15, -0.1) is 0 Å². The van der Waals surface area contributed by atoms with Crippen LogP contribution in [0.2, 0.25) is 0 Å². The zero-order valence-corrected chi connectivity index (χ0v) is 8.45. The Morgan fingerprint density at radius 2 is 2.58 bits per heavy atom. The Bertz CT molecular complexity index is 262. The fourth-order valence-electron chi connectivity index (χ4n) is 0.719. The van der Waals surface area contributed by atoms with Crippen LogP contribution in [-0.2, 0) is 4.79 Å². The Hall–Kier alpha value is -0.540. The molecule has 64 valence electrons. The van der Waals surface area contributed by atoms with Crippen molar-refractivity contribution in [1.82, 2.24) is 0 Å². The number of thioether (sulfide) groups is 1. The van der Waals surface area contributed by atoms with E-state index in [9.17, 15) is 4.79 Å². The molecule has 12 heavy (non-hydrogen) atoms. The summed E-state index contributed by atoms with van der Waals surface area (Å²) >= 11 is 3.01. The molecule has 0 saturated carbocycles. The third-order valence-electron chi connectivity index (χ3n) is 1.24. The smallest absolute Gasteiger partial charge is 0.186 e. The first-order valence-electron chi connectivity index (χ1n) is 3.61. The standard InChI is InChI=1S/C9H10OS2/c1-8(10)12-5-2-3-9-4-6-11-7-9/h2-4,6-7H,5H2,1H3. The average Bonchev–Trinajstić information content (AvgIpc) is 2.49. The second kappa shape index (κ2) is 5.17. The molecule has 0 spiro atoms. The summed E-state index contributed by atoms with van der Waals surface area (Å²) in [5.74, 6) is 0.769. The maximum absolute atomic E-state index is 10.5. The summed E-state index contributed by atoms with van der Waals surface area (Å²) in [6.07, 6.45) is 4.04. The number of carbonyl (C=O) groups is 1. The van der Waals surface area contributed by atoms with Crippen molar-refractivity contribution >= 4 is 34.3 Å². The second-order valence-corrected chi connectivity index (χ2v) is 4.24. The van der Waals surface area contributed by atoms with Crippen LogP contribution in [-0.4, -0.2) is 10.9 Å². The van der Waals surface area contributed by atoms with Gasteiger partial charge in [-0.05, 0) is 22.4 Å². The quantitative estimate of drug-likeness (QED) is 0.742. The lowest BCUT2D eigenvalue weighted by Crippen LogP contribution is -1.80. The molecule has 3 heteroatoms. The minimum absolute atomic E-state index is 0.171. The normalized spacial score (nSPS) is 10.8. The molecule has 0 aliphatic heterocycles. The summed E-state index contributed by atoms with van der Waals surface area (Å²) in [4.78, 5) is 10.5. The van der Waals surface area contributed by atoms with E-state index >= 15 is 0 Å². The number of carbonyl (C=O) groups excluding carboxylic acids is 1. The monoisotopic (exact) mass is 198 g/mol. The molecule has 1 heterocycles.